The minimum absolute atomic E-state index is 0. The lowest BCUT2D eigenvalue weighted by Gasteiger charge is -2.19. The number of hydrogen-bond donors (Lipinski definition) is 2. The first-order valence-corrected chi connectivity index (χ1v) is 9.48. The van der Waals surface area contributed by atoms with E-state index in [9.17, 15) is 0 Å². The second kappa shape index (κ2) is 11.1. The average Bonchev–Trinajstić information content (AvgIpc) is 3.27. The fourth-order valence-electron chi connectivity index (χ4n) is 3.33. The van der Waals surface area contributed by atoms with Crippen LogP contribution in [0.5, 0.6) is 0 Å². The number of nitrogens with zero attached hydrogens (tertiary/aromatic N) is 1. The maximum atomic E-state index is 5.73. The van der Waals surface area contributed by atoms with E-state index < -0.39 is 0 Å². The number of ether oxygens (including phenoxy) is 2. The Bertz CT molecular complexity index is 543. The van der Waals surface area contributed by atoms with Gasteiger partial charge in [0.1, 0.15) is 0 Å². The van der Waals surface area contributed by atoms with E-state index in [1.807, 2.05) is 7.05 Å². The van der Waals surface area contributed by atoms with Crippen LogP contribution in [-0.2, 0) is 14.9 Å². The normalized spacial score (nSPS) is 21.1. The minimum atomic E-state index is 0. The predicted molar refractivity (Wildman–Crippen MR) is 116 cm³/mol. The molecule has 0 bridgehead atoms. The van der Waals surface area contributed by atoms with Crippen LogP contribution in [0.1, 0.15) is 31.2 Å². The topological polar surface area (TPSA) is 54.9 Å². The molecule has 0 spiro atoms. The van der Waals surface area contributed by atoms with E-state index in [0.717, 1.165) is 58.3 Å². The zero-order valence-electron chi connectivity index (χ0n) is 15.7. The van der Waals surface area contributed by atoms with Gasteiger partial charge in [-0.15, -0.1) is 24.0 Å². The summed E-state index contributed by atoms with van der Waals surface area (Å²) in [6, 6.07) is 10.8. The fourth-order valence-corrected chi connectivity index (χ4v) is 3.33. The largest absolute Gasteiger partial charge is 0.381 e. The third-order valence-electron chi connectivity index (χ3n) is 5.19. The van der Waals surface area contributed by atoms with Gasteiger partial charge in [0, 0.05) is 44.7 Å². The molecule has 1 aromatic carbocycles. The predicted octanol–water partition coefficient (Wildman–Crippen LogP) is 2.94. The molecule has 1 aliphatic carbocycles. The lowest BCUT2D eigenvalue weighted by molar-refractivity contribution is 0.0888. The molecule has 2 fully saturated rings. The third kappa shape index (κ3) is 6.39. The molecule has 1 saturated carbocycles. The van der Waals surface area contributed by atoms with Crippen molar-refractivity contribution < 1.29 is 9.47 Å². The van der Waals surface area contributed by atoms with Crippen LogP contribution in [0.15, 0.2) is 35.3 Å². The Labute approximate surface area is 174 Å². The molecule has 1 aliphatic heterocycles. The molecule has 3 rings (SSSR count). The number of aliphatic imine (C=N–C) groups is 1. The summed E-state index contributed by atoms with van der Waals surface area (Å²) in [6.45, 7) is 5.18. The molecule has 2 N–H and O–H groups in total. The zero-order valence-corrected chi connectivity index (χ0v) is 18.0. The summed E-state index contributed by atoms with van der Waals surface area (Å²) in [5.41, 5.74) is 1.73. The molecule has 146 valence electrons. The quantitative estimate of drug-likeness (QED) is 0.251. The number of hydrogen-bond acceptors (Lipinski definition) is 3. The van der Waals surface area contributed by atoms with E-state index in [1.54, 1.807) is 0 Å². The van der Waals surface area contributed by atoms with Gasteiger partial charge in [-0.3, -0.25) is 4.99 Å². The first-order valence-electron chi connectivity index (χ1n) is 9.48. The molecule has 1 aromatic rings. The zero-order chi connectivity index (χ0) is 17.4. The van der Waals surface area contributed by atoms with E-state index in [4.69, 9.17) is 9.47 Å². The molecule has 26 heavy (non-hydrogen) atoms. The standard InChI is InChI=1S/C20H31N3O2.HI/c1-21-19(22-11-5-12-24-14-17-8-13-25-15-17)23-16-20(9-10-20)18-6-3-2-4-7-18;/h2-4,6-7,17H,5,8-16H2,1H3,(H2,21,22,23);1H. The highest BCUT2D eigenvalue weighted by Crippen LogP contribution is 2.47. The third-order valence-corrected chi connectivity index (χ3v) is 5.19. The maximum Gasteiger partial charge on any atom is 0.191 e. The van der Waals surface area contributed by atoms with Crippen molar-refractivity contribution in [3.05, 3.63) is 35.9 Å². The number of halogens is 1. The summed E-state index contributed by atoms with van der Waals surface area (Å²) in [6.07, 6.45) is 4.62. The number of benzene rings is 1. The van der Waals surface area contributed by atoms with Gasteiger partial charge in [0.25, 0.3) is 0 Å². The highest BCUT2D eigenvalue weighted by molar-refractivity contribution is 14.0. The summed E-state index contributed by atoms with van der Waals surface area (Å²) in [5, 5.41) is 6.87. The van der Waals surface area contributed by atoms with Crippen molar-refractivity contribution in [1.82, 2.24) is 10.6 Å². The van der Waals surface area contributed by atoms with Gasteiger partial charge in [-0.2, -0.15) is 0 Å². The van der Waals surface area contributed by atoms with Crippen molar-refractivity contribution in [2.45, 2.75) is 31.1 Å². The van der Waals surface area contributed by atoms with E-state index in [-0.39, 0.29) is 24.0 Å². The van der Waals surface area contributed by atoms with Gasteiger partial charge in [-0.1, -0.05) is 30.3 Å². The molecule has 5 nitrogen and oxygen atoms in total. The van der Waals surface area contributed by atoms with Crippen molar-refractivity contribution >= 4 is 29.9 Å². The second-order valence-corrected chi connectivity index (χ2v) is 7.16. The smallest absolute Gasteiger partial charge is 0.191 e. The first kappa shape index (κ1) is 21.4. The summed E-state index contributed by atoms with van der Waals surface area (Å²) in [4.78, 5) is 4.33. The molecule has 0 amide bonds. The van der Waals surface area contributed by atoms with Crippen molar-refractivity contribution in [2.24, 2.45) is 10.9 Å². The Morgan fingerprint density at radius 2 is 2.08 bits per heavy atom. The molecule has 0 radical (unpaired) electrons. The minimum Gasteiger partial charge on any atom is -0.381 e. The van der Waals surface area contributed by atoms with Gasteiger partial charge in [0.15, 0.2) is 5.96 Å². The van der Waals surface area contributed by atoms with Crippen LogP contribution in [0.4, 0.5) is 0 Å². The van der Waals surface area contributed by atoms with Gasteiger partial charge in [-0.25, -0.2) is 0 Å². The maximum absolute atomic E-state index is 5.73. The summed E-state index contributed by atoms with van der Waals surface area (Å²) in [5.74, 6) is 1.47. The van der Waals surface area contributed by atoms with Crippen LogP contribution < -0.4 is 10.6 Å². The molecule has 1 heterocycles. The monoisotopic (exact) mass is 473 g/mol. The SMILES string of the molecule is CN=C(NCCCOCC1CCOC1)NCC1(c2ccccc2)CC1.I. The van der Waals surface area contributed by atoms with Crippen LogP contribution in [0.25, 0.3) is 0 Å². The van der Waals surface area contributed by atoms with Gasteiger partial charge < -0.3 is 20.1 Å². The van der Waals surface area contributed by atoms with Crippen molar-refractivity contribution in [3.63, 3.8) is 0 Å². The van der Waals surface area contributed by atoms with E-state index in [2.05, 4.69) is 46.0 Å². The number of guanidine groups is 1. The van der Waals surface area contributed by atoms with Crippen LogP contribution >= 0.6 is 24.0 Å². The van der Waals surface area contributed by atoms with Crippen LogP contribution in [0.3, 0.4) is 0 Å². The molecule has 1 unspecified atom stereocenters. The lowest BCUT2D eigenvalue weighted by Crippen LogP contribution is -2.41. The molecular formula is C20H32IN3O2. The van der Waals surface area contributed by atoms with E-state index >= 15 is 0 Å². The summed E-state index contributed by atoms with van der Waals surface area (Å²) < 4.78 is 11.1. The van der Waals surface area contributed by atoms with Gasteiger partial charge in [0.05, 0.1) is 13.2 Å². The molecule has 1 saturated heterocycles. The number of rotatable bonds is 9. The summed E-state index contributed by atoms with van der Waals surface area (Å²) in [7, 11) is 1.83. The van der Waals surface area contributed by atoms with Gasteiger partial charge >= 0.3 is 0 Å². The Morgan fingerprint density at radius 3 is 2.73 bits per heavy atom. The van der Waals surface area contributed by atoms with Gasteiger partial charge in [-0.05, 0) is 31.2 Å². The van der Waals surface area contributed by atoms with E-state index in [1.165, 1.54) is 18.4 Å². The van der Waals surface area contributed by atoms with Gasteiger partial charge in [0.2, 0.25) is 0 Å². The Kier molecular flexibility index (Phi) is 9.15. The summed E-state index contributed by atoms with van der Waals surface area (Å²) >= 11 is 0. The highest BCUT2D eigenvalue weighted by Gasteiger charge is 2.43. The average molecular weight is 473 g/mol. The molecular weight excluding hydrogens is 441 g/mol. The highest BCUT2D eigenvalue weighted by atomic mass is 127. The van der Waals surface area contributed by atoms with Crippen LogP contribution in [0.2, 0.25) is 0 Å². The van der Waals surface area contributed by atoms with Crippen molar-refractivity contribution in [2.75, 3.05) is 46.6 Å². The van der Waals surface area contributed by atoms with Crippen molar-refractivity contribution in [3.8, 4) is 0 Å². The fraction of sp³-hybridized carbons (Fsp3) is 0.650. The Balaban J connectivity index is 0.00000243. The van der Waals surface area contributed by atoms with E-state index in [0.29, 0.717) is 11.3 Å². The van der Waals surface area contributed by atoms with Crippen molar-refractivity contribution in [1.29, 1.82) is 0 Å². The van der Waals surface area contributed by atoms with Crippen LogP contribution in [0, 0.1) is 5.92 Å². The molecule has 1 atom stereocenters. The molecule has 2 aliphatic rings. The lowest BCUT2D eigenvalue weighted by atomic mass is 9.96. The second-order valence-electron chi connectivity index (χ2n) is 7.16. The Morgan fingerprint density at radius 1 is 1.27 bits per heavy atom. The van der Waals surface area contributed by atoms with Crippen LogP contribution in [-0.4, -0.2) is 52.5 Å². The first-order chi connectivity index (χ1) is 12.3. The Hall–Kier alpha value is -0.860. The number of nitrogens with one attached hydrogen (secondary N) is 2. The molecule has 0 aromatic heterocycles. The molecule has 6 heteroatoms.